The molecule has 0 unspecified atom stereocenters. The first-order valence-electron chi connectivity index (χ1n) is 7.30. The molecule has 2 heterocycles. The molecule has 0 saturated carbocycles. The lowest BCUT2D eigenvalue weighted by Gasteiger charge is -2.07. The van der Waals surface area contributed by atoms with Gasteiger partial charge in [0.05, 0.1) is 47.2 Å². The van der Waals surface area contributed by atoms with E-state index in [1.54, 1.807) is 18.3 Å². The maximum Gasteiger partial charge on any atom is 0.270 e. The van der Waals surface area contributed by atoms with Crippen LogP contribution in [0.3, 0.4) is 0 Å². The number of nitro groups is 1. The van der Waals surface area contributed by atoms with Crippen molar-refractivity contribution in [1.29, 1.82) is 0 Å². The van der Waals surface area contributed by atoms with Crippen molar-refractivity contribution in [3.8, 4) is 5.75 Å². The summed E-state index contributed by atoms with van der Waals surface area (Å²) in [6, 6.07) is 7.57. The molecule has 0 N–H and O–H groups in total. The van der Waals surface area contributed by atoms with Crippen molar-refractivity contribution in [2.45, 2.75) is 13.5 Å². The average Bonchev–Trinajstić information content (AvgIpc) is 2.59. The Kier molecular flexibility index (Phi) is 4.19. The molecular formula is C16H14N4O4. The fourth-order valence-electron chi connectivity index (χ4n) is 2.30. The predicted molar refractivity (Wildman–Crippen MR) is 87.2 cm³/mol. The fraction of sp³-hybridized carbons (Fsp3) is 0.188. The first kappa shape index (κ1) is 15.6. The minimum Gasteiger partial charge on any atom is -0.492 e. The molecule has 1 aromatic carbocycles. The number of non-ortho nitro benzene ring substituents is 1. The van der Waals surface area contributed by atoms with Gasteiger partial charge >= 0.3 is 0 Å². The Hall–Kier alpha value is -3.29. The van der Waals surface area contributed by atoms with Crippen LogP contribution in [0.2, 0.25) is 0 Å². The van der Waals surface area contributed by atoms with Crippen LogP contribution in [-0.2, 0) is 6.54 Å². The molecule has 0 aliphatic carbocycles. The fourth-order valence-corrected chi connectivity index (χ4v) is 2.30. The van der Waals surface area contributed by atoms with E-state index in [0.29, 0.717) is 23.6 Å². The van der Waals surface area contributed by atoms with Crippen LogP contribution in [0.25, 0.3) is 10.9 Å². The molecule has 0 amide bonds. The van der Waals surface area contributed by atoms with E-state index in [1.807, 2.05) is 6.92 Å². The third-order valence-electron chi connectivity index (χ3n) is 3.46. The number of hydrogen-bond acceptors (Lipinski definition) is 6. The van der Waals surface area contributed by atoms with Crippen LogP contribution in [0.4, 0.5) is 5.69 Å². The molecule has 0 aliphatic heterocycles. The molecule has 0 atom stereocenters. The summed E-state index contributed by atoms with van der Waals surface area (Å²) in [5.41, 5.74) is 0.589. The summed E-state index contributed by atoms with van der Waals surface area (Å²) in [5, 5.41) is 11.1. The Bertz CT molecular complexity index is 950. The maximum absolute atomic E-state index is 12.5. The zero-order chi connectivity index (χ0) is 17.1. The smallest absolute Gasteiger partial charge is 0.270 e. The van der Waals surface area contributed by atoms with Gasteiger partial charge in [-0.1, -0.05) is 0 Å². The molecule has 2 aromatic heterocycles. The summed E-state index contributed by atoms with van der Waals surface area (Å²) in [4.78, 5) is 31.3. The molecule has 0 bridgehead atoms. The number of rotatable bonds is 5. The molecule has 3 aromatic rings. The van der Waals surface area contributed by atoms with Crippen LogP contribution in [0, 0.1) is 10.1 Å². The van der Waals surface area contributed by atoms with Gasteiger partial charge in [-0.05, 0) is 25.1 Å². The lowest BCUT2D eigenvalue weighted by atomic mass is 10.2. The van der Waals surface area contributed by atoms with Gasteiger partial charge in [-0.25, -0.2) is 4.98 Å². The number of nitrogens with zero attached hydrogens (tertiary/aromatic N) is 4. The Morgan fingerprint density at radius 3 is 2.75 bits per heavy atom. The van der Waals surface area contributed by atoms with E-state index >= 15 is 0 Å². The van der Waals surface area contributed by atoms with Crippen molar-refractivity contribution in [3.05, 3.63) is 69.0 Å². The number of aromatic nitrogens is 3. The molecule has 8 heteroatoms. The largest absolute Gasteiger partial charge is 0.492 e. The second kappa shape index (κ2) is 6.45. The summed E-state index contributed by atoms with van der Waals surface area (Å²) < 4.78 is 6.69. The normalized spacial score (nSPS) is 10.7. The van der Waals surface area contributed by atoms with E-state index < -0.39 is 4.92 Å². The highest BCUT2D eigenvalue weighted by Gasteiger charge is 2.11. The van der Waals surface area contributed by atoms with E-state index in [2.05, 4.69) is 9.97 Å². The summed E-state index contributed by atoms with van der Waals surface area (Å²) in [7, 11) is 0. The van der Waals surface area contributed by atoms with Crippen molar-refractivity contribution in [1.82, 2.24) is 14.5 Å². The van der Waals surface area contributed by atoms with Gasteiger partial charge in [0.2, 0.25) is 0 Å². The lowest BCUT2D eigenvalue weighted by molar-refractivity contribution is -0.384. The molecular weight excluding hydrogens is 312 g/mol. The molecule has 0 saturated heterocycles. The Morgan fingerprint density at radius 1 is 1.25 bits per heavy atom. The maximum atomic E-state index is 12.5. The van der Waals surface area contributed by atoms with Gasteiger partial charge in [0.1, 0.15) is 5.75 Å². The molecule has 0 spiro atoms. The highest BCUT2D eigenvalue weighted by molar-refractivity contribution is 5.79. The van der Waals surface area contributed by atoms with Gasteiger partial charge in [-0.2, -0.15) is 0 Å². The van der Waals surface area contributed by atoms with E-state index in [4.69, 9.17) is 4.74 Å². The number of hydrogen-bond donors (Lipinski definition) is 0. The van der Waals surface area contributed by atoms with Gasteiger partial charge in [0.15, 0.2) is 0 Å². The second-order valence-electron chi connectivity index (χ2n) is 5.05. The summed E-state index contributed by atoms with van der Waals surface area (Å²) in [5.74, 6) is 0.654. The molecule has 3 rings (SSSR count). The third kappa shape index (κ3) is 3.07. The average molecular weight is 326 g/mol. The lowest BCUT2D eigenvalue weighted by Crippen LogP contribution is -2.21. The highest BCUT2D eigenvalue weighted by Crippen LogP contribution is 2.16. The zero-order valence-electron chi connectivity index (χ0n) is 12.9. The van der Waals surface area contributed by atoms with Crippen LogP contribution >= 0.6 is 0 Å². The predicted octanol–water partition coefficient (Wildman–Crippen LogP) is 2.15. The summed E-state index contributed by atoms with van der Waals surface area (Å²) in [6.45, 7) is 2.65. The summed E-state index contributed by atoms with van der Waals surface area (Å²) >= 11 is 0. The van der Waals surface area contributed by atoms with E-state index in [0.717, 1.165) is 0 Å². The van der Waals surface area contributed by atoms with Crippen LogP contribution in [-0.4, -0.2) is 26.1 Å². The number of benzene rings is 1. The van der Waals surface area contributed by atoms with Gasteiger partial charge in [-0.3, -0.25) is 24.5 Å². The van der Waals surface area contributed by atoms with Crippen molar-refractivity contribution in [2.75, 3.05) is 6.61 Å². The summed E-state index contributed by atoms with van der Waals surface area (Å²) in [6.07, 6.45) is 3.00. The SMILES string of the molecule is CCOc1ccc(Cn2cnc3ccc([N+](=O)[O-])cc3c2=O)nc1. The van der Waals surface area contributed by atoms with Crippen LogP contribution in [0.1, 0.15) is 12.6 Å². The minimum absolute atomic E-state index is 0.140. The second-order valence-corrected chi connectivity index (χ2v) is 5.05. The van der Waals surface area contributed by atoms with Crippen LogP contribution < -0.4 is 10.3 Å². The molecule has 8 nitrogen and oxygen atoms in total. The van der Waals surface area contributed by atoms with E-state index in [-0.39, 0.29) is 23.2 Å². The monoisotopic (exact) mass is 326 g/mol. The highest BCUT2D eigenvalue weighted by atomic mass is 16.6. The Labute approximate surface area is 136 Å². The van der Waals surface area contributed by atoms with Crippen LogP contribution in [0.15, 0.2) is 47.7 Å². The van der Waals surface area contributed by atoms with Gasteiger partial charge in [0, 0.05) is 12.1 Å². The molecule has 122 valence electrons. The molecule has 0 radical (unpaired) electrons. The van der Waals surface area contributed by atoms with E-state index in [1.165, 1.54) is 29.1 Å². The Morgan fingerprint density at radius 2 is 2.08 bits per heavy atom. The van der Waals surface area contributed by atoms with Crippen LogP contribution in [0.5, 0.6) is 5.75 Å². The number of ether oxygens (including phenoxy) is 1. The minimum atomic E-state index is -0.537. The zero-order valence-corrected chi connectivity index (χ0v) is 12.9. The quantitative estimate of drug-likeness (QED) is 0.526. The first-order valence-corrected chi connectivity index (χ1v) is 7.30. The Balaban J connectivity index is 1.96. The van der Waals surface area contributed by atoms with Gasteiger partial charge in [0.25, 0.3) is 11.2 Å². The standard InChI is InChI=1S/C16H14N4O4/c1-2-24-13-5-3-11(17-8-13)9-19-10-18-15-6-4-12(20(22)23)7-14(15)16(19)21/h3-8,10H,2,9H2,1H3. The molecule has 24 heavy (non-hydrogen) atoms. The first-order chi connectivity index (χ1) is 11.6. The number of nitro benzene ring substituents is 1. The third-order valence-corrected chi connectivity index (χ3v) is 3.46. The van der Waals surface area contributed by atoms with Gasteiger partial charge in [-0.15, -0.1) is 0 Å². The molecule has 0 fully saturated rings. The van der Waals surface area contributed by atoms with Crippen molar-refractivity contribution in [2.24, 2.45) is 0 Å². The number of fused-ring (bicyclic) bond motifs is 1. The topological polar surface area (TPSA) is 100 Å². The van der Waals surface area contributed by atoms with Crippen molar-refractivity contribution < 1.29 is 9.66 Å². The van der Waals surface area contributed by atoms with Crippen molar-refractivity contribution >= 4 is 16.6 Å². The van der Waals surface area contributed by atoms with E-state index in [9.17, 15) is 14.9 Å². The van der Waals surface area contributed by atoms with Gasteiger partial charge < -0.3 is 4.74 Å². The van der Waals surface area contributed by atoms with Crippen molar-refractivity contribution in [3.63, 3.8) is 0 Å². The molecule has 0 aliphatic rings. The number of pyridine rings is 1.